The fraction of sp³-hybridized carbons (Fsp3) is 0.545. The molecule has 101 heavy (non-hydrogen) atoms. The normalized spacial score (nSPS) is 34.3. The molecule has 20 atom stereocenters. The molecule has 22 nitrogen and oxygen atoms in total. The number of fused-ring (bicyclic) bond motifs is 6. The number of ether oxygens (including phenoxy) is 10. The van der Waals surface area contributed by atoms with Gasteiger partial charge < -0.3 is 72.2 Å². The molecule has 0 saturated carbocycles. The highest BCUT2D eigenvalue weighted by Gasteiger charge is 2.60. The summed E-state index contributed by atoms with van der Waals surface area (Å²) in [5, 5.41) is 35.7. The summed E-state index contributed by atoms with van der Waals surface area (Å²) in [5.74, 6) is -2.56. The van der Waals surface area contributed by atoms with Crippen LogP contribution in [0.4, 0.5) is 0 Å². The number of carbonyl (C=O) groups excluding carboxylic acids is 1. The number of rotatable bonds is 12. The number of allylic oxidation sites excluding steroid dienone is 2. The molecule has 0 amide bonds. The van der Waals surface area contributed by atoms with Gasteiger partial charge >= 0.3 is 5.97 Å². The molecular weight excluding hydrogens is 1340 g/mol. The summed E-state index contributed by atoms with van der Waals surface area (Å²) in [7, 11) is -3.50. The molecule has 1 spiro atoms. The van der Waals surface area contributed by atoms with Gasteiger partial charge in [-0.15, -0.1) is 0 Å². The second kappa shape index (κ2) is 31.9. The van der Waals surface area contributed by atoms with Crippen molar-refractivity contribution < 1.29 is 93.4 Å². The highest BCUT2D eigenvalue weighted by Crippen LogP contribution is 2.48. The maximum Gasteiger partial charge on any atom is 0.316 e. The van der Waals surface area contributed by atoms with E-state index in [1.807, 2.05) is 32.1 Å². The average Bonchev–Trinajstić information content (AvgIpc) is 1.64. The second-order valence-corrected chi connectivity index (χ2v) is 31.3. The number of aliphatic hydroxyl groups excluding tert-OH is 2. The molecule has 1 aliphatic carbocycles. The monoisotopic (exact) mass is 1440 g/mol. The lowest BCUT2D eigenvalue weighted by molar-refractivity contribution is -0.318. The fourth-order valence-corrected chi connectivity index (χ4v) is 17.2. The van der Waals surface area contributed by atoms with Crippen LogP contribution in [0.3, 0.4) is 0 Å². The molecule has 20 unspecified atom stereocenters. The van der Waals surface area contributed by atoms with Crippen molar-refractivity contribution in [3.8, 4) is 0 Å². The Morgan fingerprint density at radius 3 is 2.06 bits per heavy atom. The van der Waals surface area contributed by atoms with Crippen LogP contribution in [0.2, 0.25) is 0 Å². The molecular formula is C77H100N2O20S2. The van der Waals surface area contributed by atoms with Gasteiger partial charge in [0.15, 0.2) is 18.4 Å². The van der Waals surface area contributed by atoms with E-state index in [0.29, 0.717) is 43.3 Å². The highest BCUT2D eigenvalue weighted by molar-refractivity contribution is 7.86. The summed E-state index contributed by atoms with van der Waals surface area (Å²) in [6, 6.07) is 27.1. The first kappa shape index (κ1) is 76.3. The van der Waals surface area contributed by atoms with Crippen LogP contribution < -0.4 is 0 Å². The van der Waals surface area contributed by atoms with Crippen LogP contribution in [0.5, 0.6) is 0 Å². The number of hydrogen-bond acceptors (Lipinski definition) is 19. The molecule has 550 valence electrons. The molecule has 4 fully saturated rings. The van der Waals surface area contributed by atoms with Crippen LogP contribution >= 0.6 is 0 Å². The van der Waals surface area contributed by atoms with Gasteiger partial charge in [0.05, 0.1) is 49.3 Å². The van der Waals surface area contributed by atoms with Crippen LogP contribution in [0.15, 0.2) is 160 Å². The van der Waals surface area contributed by atoms with Crippen LogP contribution in [0.1, 0.15) is 111 Å². The predicted molar refractivity (Wildman–Crippen MR) is 378 cm³/mol. The van der Waals surface area contributed by atoms with E-state index in [1.54, 1.807) is 40.2 Å². The van der Waals surface area contributed by atoms with Gasteiger partial charge in [-0.05, 0) is 99.2 Å². The molecule has 2 bridgehead atoms. The summed E-state index contributed by atoms with van der Waals surface area (Å²) in [6.45, 7) is 19.3. The zero-order chi connectivity index (χ0) is 72.5. The van der Waals surface area contributed by atoms with Crippen molar-refractivity contribution in [3.05, 3.63) is 167 Å². The van der Waals surface area contributed by atoms with E-state index in [4.69, 9.17) is 56.5 Å². The number of aromatic nitrogens is 1. The van der Waals surface area contributed by atoms with Gasteiger partial charge in [-0.2, -0.15) is 16.8 Å². The Kier molecular flexibility index (Phi) is 24.1. The van der Waals surface area contributed by atoms with Gasteiger partial charge in [0, 0.05) is 105 Å². The van der Waals surface area contributed by atoms with Crippen LogP contribution in [0.25, 0.3) is 21.7 Å². The molecule has 8 heterocycles. The minimum absolute atomic E-state index is 0.0233. The second-order valence-electron chi connectivity index (χ2n) is 28.5. The number of likely N-dealkylation sites (N-methyl/N-ethyl adjacent to an activating group) is 1. The first-order valence-electron chi connectivity index (χ1n) is 35.2. The third-order valence-electron chi connectivity index (χ3n) is 21.4. The number of para-hydroxylation sites is 1. The van der Waals surface area contributed by atoms with Gasteiger partial charge in [0.1, 0.15) is 51.8 Å². The van der Waals surface area contributed by atoms with Gasteiger partial charge in [-0.25, -0.2) is 0 Å². The smallest absolute Gasteiger partial charge is 0.316 e. The van der Waals surface area contributed by atoms with Gasteiger partial charge in [-0.1, -0.05) is 143 Å². The number of hydrogen-bond donors (Lipinski definition) is 5. The number of nitrogens with zero attached hydrogens (tertiary/aromatic N) is 2. The van der Waals surface area contributed by atoms with E-state index in [-0.39, 0.29) is 53.4 Å². The Hall–Kier alpha value is -5.85. The van der Waals surface area contributed by atoms with E-state index in [2.05, 4.69) is 111 Å². The van der Waals surface area contributed by atoms with E-state index in [1.165, 1.54) is 52.0 Å². The molecule has 7 aliphatic heterocycles. The number of methoxy groups -OCH3 is 2. The zero-order valence-corrected chi connectivity index (χ0v) is 61.1. The van der Waals surface area contributed by atoms with Crippen molar-refractivity contribution in [1.29, 1.82) is 0 Å². The van der Waals surface area contributed by atoms with Gasteiger partial charge in [0.2, 0.25) is 0 Å². The molecule has 5 N–H and O–H groups in total. The predicted octanol–water partition coefficient (Wildman–Crippen LogP) is 10.4. The Morgan fingerprint density at radius 1 is 0.743 bits per heavy atom. The summed E-state index contributed by atoms with van der Waals surface area (Å²) in [5.41, 5.74) is 5.93. The van der Waals surface area contributed by atoms with Crippen LogP contribution in [-0.2, 0) is 91.9 Å². The molecule has 4 aromatic carbocycles. The Labute approximate surface area is 593 Å². The first-order valence-corrected chi connectivity index (χ1v) is 38.1. The summed E-state index contributed by atoms with van der Waals surface area (Å²) < 4.78 is 129. The van der Waals surface area contributed by atoms with Gasteiger partial charge in [-0.3, -0.25) is 13.9 Å². The van der Waals surface area contributed by atoms with Crippen molar-refractivity contribution in [2.45, 2.75) is 220 Å². The Bertz CT molecular complexity index is 4070. The quantitative estimate of drug-likeness (QED) is 0.0441. The van der Waals surface area contributed by atoms with Crippen LogP contribution in [-0.4, -0.2) is 188 Å². The highest BCUT2D eigenvalue weighted by atomic mass is 32.2. The van der Waals surface area contributed by atoms with Crippen molar-refractivity contribution in [2.24, 2.45) is 23.7 Å². The SMILES string of the molecule is CCC(C)C1OC2(C=CC1C)CC1CC(CC=C(C)C(OC3CC(OC)C(OC4CC(OC)C(O)C(C)O4)C(C)O3)C(C)C=CC=C3COC4C(O)C(C)=CC(C(=O)O1)C34O)O2.CN1CCc2c(c3ccccc3n2Cc2ccccc2)C1.O=S(=O)(O)c1cccc2c(S(=O)(=O)O)cccc12. The Balaban J connectivity index is 0.000000210. The maximum atomic E-state index is 14.3. The largest absolute Gasteiger partial charge is 0.462 e. The molecule has 1 aromatic heterocycles. The van der Waals surface area contributed by atoms with Crippen LogP contribution in [0, 0.1) is 23.7 Å². The lowest BCUT2D eigenvalue weighted by Crippen LogP contribution is -2.58. The van der Waals surface area contributed by atoms with Crippen molar-refractivity contribution >= 4 is 47.9 Å². The topological polar surface area (TPSA) is 287 Å². The van der Waals surface area contributed by atoms with E-state index in [9.17, 15) is 36.9 Å². The number of carbonyl (C=O) groups is 1. The fourth-order valence-electron chi connectivity index (χ4n) is 15.7. The standard InChI is InChI=1S/C48H72O14.C19H20N2.C10H8O6S2/c1-11-25(2)43-28(5)17-18-47(62-43)23-34-20-33(61-47)16-15-27(4)42(26(3)13-12-14-32-24-55-45-40(49)29(6)19-35(46(51)58-34)48(32,45)52)59-39-22-37(54-10)44(31(8)57-39)60-38-21-36(53-9)41(50)30(7)56-38;1-20-12-11-19-17(14-20)16-9-5-6-10-18(16)21(19)13-15-7-3-2-4-8-15;11-17(12,13)9-5-1-3-7-8(9)4-2-6-10(7)18(14,15)16/h12-15,17-19,25-26,28,30-31,33-45,49-50,52H,11,16,20-24H2,1-10H3;2-10H,11-14H2,1H3;1-6H,(H,11,12,13)(H,14,15,16). The lowest BCUT2D eigenvalue weighted by atomic mass is 9.71. The number of esters is 1. The molecule has 0 radical (unpaired) electrons. The number of aliphatic hydroxyl groups is 3. The summed E-state index contributed by atoms with van der Waals surface area (Å²) >= 11 is 0. The minimum Gasteiger partial charge on any atom is -0.462 e. The summed E-state index contributed by atoms with van der Waals surface area (Å²) in [4.78, 5) is 15.9. The minimum atomic E-state index is -4.47. The van der Waals surface area contributed by atoms with Crippen molar-refractivity contribution in [3.63, 3.8) is 0 Å². The average molecular weight is 1440 g/mol. The zero-order valence-electron chi connectivity index (χ0n) is 59.4. The Morgan fingerprint density at radius 2 is 1.39 bits per heavy atom. The van der Waals surface area contributed by atoms with E-state index >= 15 is 0 Å². The lowest BCUT2D eigenvalue weighted by Gasteiger charge is -2.48. The summed E-state index contributed by atoms with van der Waals surface area (Å²) in [6.07, 6.45) is 9.69. The maximum absolute atomic E-state index is 14.3. The molecule has 24 heteroatoms. The van der Waals surface area contributed by atoms with E-state index in [0.717, 1.165) is 50.2 Å². The van der Waals surface area contributed by atoms with Gasteiger partial charge in [0.25, 0.3) is 20.2 Å². The third-order valence-corrected chi connectivity index (χ3v) is 23.3. The molecule has 5 aromatic rings. The molecule has 13 rings (SSSR count). The van der Waals surface area contributed by atoms with Crippen molar-refractivity contribution in [1.82, 2.24) is 9.47 Å². The third kappa shape index (κ3) is 16.6. The number of benzene rings is 4. The molecule has 8 aliphatic rings. The van der Waals surface area contributed by atoms with Crippen molar-refractivity contribution in [2.75, 3.05) is 34.4 Å². The first-order chi connectivity index (χ1) is 48.0. The van der Waals surface area contributed by atoms with E-state index < -0.39 is 121 Å². The molecule has 4 saturated heterocycles.